The molecule has 2 saturated heterocycles. The van der Waals surface area contributed by atoms with E-state index in [9.17, 15) is 29.6 Å². The van der Waals surface area contributed by atoms with Gasteiger partial charge in [0.15, 0.2) is 0 Å². The van der Waals surface area contributed by atoms with E-state index in [1.807, 2.05) is 0 Å². The van der Waals surface area contributed by atoms with Crippen molar-refractivity contribution in [2.45, 2.75) is 44.3 Å². The van der Waals surface area contributed by atoms with Crippen LogP contribution in [0.2, 0.25) is 4.34 Å². The molecule has 1 aromatic heterocycles. The molecule has 9 nitrogen and oxygen atoms in total. The highest BCUT2D eigenvalue weighted by atomic mass is 35.5. The van der Waals surface area contributed by atoms with E-state index in [4.69, 9.17) is 11.6 Å². The van der Waals surface area contributed by atoms with Crippen molar-refractivity contribution in [1.29, 1.82) is 0 Å². The van der Waals surface area contributed by atoms with E-state index < -0.39 is 51.7 Å². The first-order chi connectivity index (χ1) is 15.4. The van der Waals surface area contributed by atoms with Crippen LogP contribution in [0.15, 0.2) is 36.4 Å². The number of imide groups is 1. The second-order valence-corrected chi connectivity index (χ2v) is 11.1. The Morgan fingerprint density at radius 2 is 1.85 bits per heavy atom. The Morgan fingerprint density at radius 1 is 1.21 bits per heavy atom. The predicted octanol–water partition coefficient (Wildman–Crippen LogP) is 3.42. The van der Waals surface area contributed by atoms with Gasteiger partial charge in [0.1, 0.15) is 5.54 Å². The zero-order valence-corrected chi connectivity index (χ0v) is 19.6. The molecule has 2 aliphatic heterocycles. The van der Waals surface area contributed by atoms with Gasteiger partial charge >= 0.3 is 5.97 Å². The van der Waals surface area contributed by atoms with Crippen molar-refractivity contribution in [1.82, 2.24) is 10.2 Å². The number of hydrogen-bond acceptors (Lipinski definition) is 7. The lowest BCUT2D eigenvalue weighted by Crippen LogP contribution is -2.58. The zero-order valence-electron chi connectivity index (χ0n) is 18.1. The summed E-state index contributed by atoms with van der Waals surface area (Å²) < 4.78 is 0.482. The average Bonchev–Trinajstić information content (AvgIpc) is 3.36. The standard InChI is InChI=1S/C22H22ClN3O6S/c1-21(2,3)25-18(27)15-16(19(25)28)22(20(29)30,24-17(15)13-8-9-14(23)33-13)10-11-4-6-12(7-5-11)26(31)32/h4-9,15-17,24H,10H2,1-3H3,(H,29,30). The van der Waals surface area contributed by atoms with Crippen LogP contribution in [0.4, 0.5) is 5.69 Å². The lowest BCUT2D eigenvalue weighted by Gasteiger charge is -2.35. The lowest BCUT2D eigenvalue weighted by molar-refractivity contribution is -0.384. The molecule has 11 heteroatoms. The van der Waals surface area contributed by atoms with Crippen LogP contribution in [0.1, 0.15) is 37.3 Å². The number of likely N-dealkylation sites (tertiary alicyclic amines) is 1. The second kappa shape index (κ2) is 7.89. The Labute approximate surface area is 198 Å². The Hall–Kier alpha value is -2.82. The van der Waals surface area contributed by atoms with Gasteiger partial charge in [-0.25, -0.2) is 0 Å². The Kier molecular flexibility index (Phi) is 5.58. The van der Waals surface area contributed by atoms with E-state index in [1.54, 1.807) is 32.9 Å². The highest BCUT2D eigenvalue weighted by Gasteiger charge is 2.69. The van der Waals surface area contributed by atoms with Crippen LogP contribution >= 0.6 is 22.9 Å². The summed E-state index contributed by atoms with van der Waals surface area (Å²) in [5.74, 6) is -4.30. The Balaban J connectivity index is 1.83. The summed E-state index contributed by atoms with van der Waals surface area (Å²) in [6.07, 6.45) is -0.131. The van der Waals surface area contributed by atoms with Crippen LogP contribution in [-0.2, 0) is 20.8 Å². The average molecular weight is 492 g/mol. The summed E-state index contributed by atoms with van der Waals surface area (Å²) >= 11 is 7.33. The van der Waals surface area contributed by atoms with E-state index in [1.165, 1.54) is 40.5 Å². The molecule has 4 atom stereocenters. The van der Waals surface area contributed by atoms with Gasteiger partial charge in [0.25, 0.3) is 5.69 Å². The van der Waals surface area contributed by atoms with Gasteiger partial charge in [0.2, 0.25) is 11.8 Å². The zero-order chi connectivity index (χ0) is 24.3. The number of halogens is 1. The Morgan fingerprint density at radius 3 is 2.33 bits per heavy atom. The molecule has 0 spiro atoms. The highest BCUT2D eigenvalue weighted by molar-refractivity contribution is 7.16. The smallest absolute Gasteiger partial charge is 0.325 e. The number of hydrogen-bond donors (Lipinski definition) is 2. The number of nitro groups is 1. The maximum Gasteiger partial charge on any atom is 0.325 e. The number of benzene rings is 1. The first-order valence-electron chi connectivity index (χ1n) is 10.2. The number of fused-ring (bicyclic) bond motifs is 1. The first-order valence-corrected chi connectivity index (χ1v) is 11.4. The molecule has 2 fully saturated rings. The molecule has 3 heterocycles. The molecule has 0 bridgehead atoms. The molecule has 1 aromatic carbocycles. The fraction of sp³-hybridized carbons (Fsp3) is 0.409. The number of aliphatic carboxylic acids is 1. The predicted molar refractivity (Wildman–Crippen MR) is 121 cm³/mol. The number of nitrogens with zero attached hydrogens (tertiary/aromatic N) is 2. The normalized spacial score (nSPS) is 27.2. The van der Waals surface area contributed by atoms with Gasteiger partial charge in [-0.15, -0.1) is 11.3 Å². The summed E-state index contributed by atoms with van der Waals surface area (Å²) in [4.78, 5) is 52.1. The molecule has 174 valence electrons. The number of amides is 2. The molecule has 33 heavy (non-hydrogen) atoms. The molecule has 2 amide bonds. The van der Waals surface area contributed by atoms with Crippen molar-refractivity contribution < 1.29 is 24.4 Å². The summed E-state index contributed by atoms with van der Waals surface area (Å²) in [5, 5.41) is 24.5. The number of carboxylic acids is 1. The number of rotatable bonds is 5. The first kappa shape index (κ1) is 23.3. The number of carboxylic acid groups (broad SMARTS) is 1. The fourth-order valence-electron chi connectivity index (χ4n) is 4.90. The van der Waals surface area contributed by atoms with Crippen molar-refractivity contribution in [2.24, 2.45) is 11.8 Å². The molecule has 4 unspecified atom stereocenters. The van der Waals surface area contributed by atoms with Gasteiger partial charge in [0, 0.05) is 29.0 Å². The van der Waals surface area contributed by atoms with Crippen molar-refractivity contribution >= 4 is 46.4 Å². The van der Waals surface area contributed by atoms with E-state index in [-0.39, 0.29) is 12.1 Å². The number of non-ortho nitro benzene ring substituents is 1. The molecule has 4 rings (SSSR count). The minimum absolute atomic E-state index is 0.127. The summed E-state index contributed by atoms with van der Waals surface area (Å²) in [5.41, 5.74) is -2.24. The van der Waals surface area contributed by atoms with Gasteiger partial charge in [-0.3, -0.25) is 34.7 Å². The van der Waals surface area contributed by atoms with E-state index >= 15 is 0 Å². The molecule has 2 N–H and O–H groups in total. The van der Waals surface area contributed by atoms with Crippen LogP contribution < -0.4 is 5.32 Å². The molecule has 0 aliphatic carbocycles. The lowest BCUT2D eigenvalue weighted by atomic mass is 9.76. The largest absolute Gasteiger partial charge is 0.480 e. The third-order valence-electron chi connectivity index (χ3n) is 6.24. The van der Waals surface area contributed by atoms with Crippen molar-refractivity contribution in [3.8, 4) is 0 Å². The van der Waals surface area contributed by atoms with E-state index in [2.05, 4.69) is 5.32 Å². The monoisotopic (exact) mass is 491 g/mol. The fourth-order valence-corrected chi connectivity index (χ4v) is 6.06. The topological polar surface area (TPSA) is 130 Å². The molecule has 0 radical (unpaired) electrons. The van der Waals surface area contributed by atoms with Crippen LogP contribution in [0.5, 0.6) is 0 Å². The van der Waals surface area contributed by atoms with Crippen LogP contribution in [-0.4, -0.2) is 43.8 Å². The highest BCUT2D eigenvalue weighted by Crippen LogP contribution is 2.52. The molecular weight excluding hydrogens is 470 g/mol. The van der Waals surface area contributed by atoms with Gasteiger partial charge in [-0.1, -0.05) is 23.7 Å². The minimum atomic E-state index is -1.78. The third-order valence-corrected chi connectivity index (χ3v) is 7.55. The number of nitrogens with one attached hydrogen (secondary N) is 1. The molecule has 2 aromatic rings. The van der Waals surface area contributed by atoms with Gasteiger partial charge in [-0.2, -0.15) is 0 Å². The number of carbonyl (C=O) groups is 3. The van der Waals surface area contributed by atoms with Crippen LogP contribution in [0.3, 0.4) is 0 Å². The van der Waals surface area contributed by atoms with Crippen molar-refractivity contribution in [3.05, 3.63) is 61.3 Å². The number of carbonyl (C=O) groups excluding carboxylic acids is 2. The third kappa shape index (κ3) is 3.71. The summed E-state index contributed by atoms with van der Waals surface area (Å²) in [6.45, 7) is 5.19. The van der Waals surface area contributed by atoms with Gasteiger partial charge in [-0.05, 0) is 38.5 Å². The maximum atomic E-state index is 13.6. The van der Waals surface area contributed by atoms with Gasteiger partial charge < -0.3 is 5.11 Å². The van der Waals surface area contributed by atoms with Crippen molar-refractivity contribution in [2.75, 3.05) is 0 Å². The number of thiophene rings is 1. The molecule has 2 aliphatic rings. The van der Waals surface area contributed by atoms with Gasteiger partial charge in [0.05, 0.1) is 27.1 Å². The summed E-state index contributed by atoms with van der Waals surface area (Å²) in [6, 6.07) is 8.19. The maximum absolute atomic E-state index is 13.6. The molecular formula is C22H22ClN3O6S. The summed E-state index contributed by atoms with van der Waals surface area (Å²) in [7, 11) is 0. The van der Waals surface area contributed by atoms with Crippen molar-refractivity contribution in [3.63, 3.8) is 0 Å². The molecule has 0 saturated carbocycles. The van der Waals surface area contributed by atoms with E-state index in [0.717, 1.165) is 0 Å². The second-order valence-electron chi connectivity index (χ2n) is 9.33. The quantitative estimate of drug-likeness (QED) is 0.372. The van der Waals surface area contributed by atoms with Crippen LogP contribution in [0, 0.1) is 22.0 Å². The SMILES string of the molecule is CC(C)(C)N1C(=O)C2C(c3ccc(Cl)s3)NC(Cc3ccc([N+](=O)[O-])cc3)(C(=O)O)C2C1=O. The Bertz CT molecular complexity index is 1160. The van der Waals surface area contributed by atoms with E-state index in [0.29, 0.717) is 14.8 Å². The minimum Gasteiger partial charge on any atom is -0.480 e. The number of nitro benzene ring substituents is 1. The van der Waals surface area contributed by atoms with Crippen LogP contribution in [0.25, 0.3) is 0 Å².